The zero-order chi connectivity index (χ0) is 14.3. The van der Waals surface area contributed by atoms with Crippen molar-refractivity contribution in [1.82, 2.24) is 5.32 Å². The van der Waals surface area contributed by atoms with E-state index in [-0.39, 0.29) is 5.91 Å². The molecule has 0 fully saturated rings. The van der Waals surface area contributed by atoms with Crippen molar-refractivity contribution < 1.29 is 19.4 Å². The molecule has 0 aliphatic rings. The number of carbonyl (C=O) groups is 2. The molecule has 0 radical (unpaired) electrons. The molecule has 1 rings (SSSR count). The normalized spacial score (nSPS) is 11.7. The lowest BCUT2D eigenvalue weighted by atomic mass is 10.1. The van der Waals surface area contributed by atoms with E-state index >= 15 is 0 Å². The second-order valence-electron chi connectivity index (χ2n) is 3.85. The highest BCUT2D eigenvalue weighted by Crippen LogP contribution is 2.18. The zero-order valence-corrected chi connectivity index (χ0v) is 11.7. The number of rotatable bonds is 7. The van der Waals surface area contributed by atoms with Gasteiger partial charge in [0.1, 0.15) is 5.75 Å². The summed E-state index contributed by atoms with van der Waals surface area (Å²) in [5.41, 5.74) is 0.519. The van der Waals surface area contributed by atoms with Crippen molar-refractivity contribution in [2.24, 2.45) is 0 Å². The number of carboxylic acids is 1. The molecule has 0 aliphatic heterocycles. The molecule has 1 aromatic rings. The molecule has 1 unspecified atom stereocenters. The molecule has 5 nitrogen and oxygen atoms in total. The van der Waals surface area contributed by atoms with Gasteiger partial charge in [-0.3, -0.25) is 4.79 Å². The Morgan fingerprint density at radius 2 is 2.00 bits per heavy atom. The molecule has 0 aromatic heterocycles. The van der Waals surface area contributed by atoms with Gasteiger partial charge in [-0.25, -0.2) is 4.79 Å². The van der Waals surface area contributed by atoms with Gasteiger partial charge >= 0.3 is 5.97 Å². The first-order valence-corrected chi connectivity index (χ1v) is 7.13. The van der Waals surface area contributed by atoms with Crippen LogP contribution >= 0.6 is 11.8 Å². The number of hydrogen-bond donors (Lipinski definition) is 2. The lowest BCUT2D eigenvalue weighted by Crippen LogP contribution is -2.33. The lowest BCUT2D eigenvalue weighted by molar-refractivity contribution is -0.142. The summed E-state index contributed by atoms with van der Waals surface area (Å²) in [7, 11) is 1.54. The lowest BCUT2D eigenvalue weighted by Gasteiger charge is -2.15. The maximum Gasteiger partial charge on any atom is 0.330 e. The molecule has 1 amide bonds. The van der Waals surface area contributed by atoms with E-state index in [2.05, 4.69) is 5.32 Å². The van der Waals surface area contributed by atoms with Crippen LogP contribution in [0.1, 0.15) is 18.0 Å². The maximum atomic E-state index is 11.6. The van der Waals surface area contributed by atoms with E-state index in [1.807, 2.05) is 6.26 Å². The Bertz CT molecular complexity index is 433. The Balaban J connectivity index is 2.76. The molecule has 0 bridgehead atoms. The quantitative estimate of drug-likeness (QED) is 0.796. The number of thioether (sulfide) groups is 1. The van der Waals surface area contributed by atoms with Crippen molar-refractivity contribution in [2.75, 3.05) is 19.1 Å². The Morgan fingerprint density at radius 3 is 2.47 bits per heavy atom. The summed E-state index contributed by atoms with van der Waals surface area (Å²) < 4.78 is 5.01. The molecule has 2 N–H and O–H groups in total. The molecule has 19 heavy (non-hydrogen) atoms. The molecule has 104 valence electrons. The fraction of sp³-hybridized carbons (Fsp3) is 0.385. The first-order chi connectivity index (χ1) is 9.08. The van der Waals surface area contributed by atoms with Crippen molar-refractivity contribution in [2.45, 2.75) is 12.5 Å². The highest BCUT2D eigenvalue weighted by Gasteiger charge is 2.21. The van der Waals surface area contributed by atoms with E-state index in [0.29, 0.717) is 23.5 Å². The summed E-state index contributed by atoms with van der Waals surface area (Å²) in [4.78, 5) is 22.8. The van der Waals surface area contributed by atoms with Crippen LogP contribution in [0.2, 0.25) is 0 Å². The van der Waals surface area contributed by atoms with E-state index in [9.17, 15) is 14.7 Å². The average Bonchev–Trinajstić information content (AvgIpc) is 2.42. The number of amides is 1. The fourth-order valence-electron chi connectivity index (χ4n) is 1.51. The molecule has 0 saturated carbocycles. The SMILES string of the molecule is COc1ccc(C(NC(=O)CCSC)C(=O)O)cc1. The number of hydrogen-bond acceptors (Lipinski definition) is 4. The molecule has 1 atom stereocenters. The van der Waals surface area contributed by atoms with E-state index in [4.69, 9.17) is 4.74 Å². The Labute approximate surface area is 116 Å². The van der Waals surface area contributed by atoms with E-state index < -0.39 is 12.0 Å². The Kier molecular flexibility index (Phi) is 6.21. The predicted octanol–water partition coefficient (Wildman–Crippen LogP) is 1.69. The summed E-state index contributed by atoms with van der Waals surface area (Å²) in [6.07, 6.45) is 2.20. The minimum absolute atomic E-state index is 0.266. The van der Waals surface area contributed by atoms with E-state index in [1.54, 1.807) is 36.0 Å². The monoisotopic (exact) mass is 283 g/mol. The second-order valence-corrected chi connectivity index (χ2v) is 4.84. The number of carboxylic acid groups (broad SMARTS) is 1. The molecular weight excluding hydrogens is 266 g/mol. The molecule has 0 aliphatic carbocycles. The van der Waals surface area contributed by atoms with Gasteiger partial charge in [0.15, 0.2) is 6.04 Å². The van der Waals surface area contributed by atoms with Gasteiger partial charge in [-0.05, 0) is 24.0 Å². The summed E-state index contributed by atoms with van der Waals surface area (Å²) >= 11 is 1.54. The number of carbonyl (C=O) groups excluding carboxylic acids is 1. The minimum atomic E-state index is -1.08. The molecule has 1 aromatic carbocycles. The summed E-state index contributed by atoms with van der Waals surface area (Å²) in [6, 6.07) is 5.57. The molecule has 0 heterocycles. The first-order valence-electron chi connectivity index (χ1n) is 5.73. The number of methoxy groups -OCH3 is 1. The van der Waals surface area contributed by atoms with Gasteiger partial charge in [0.2, 0.25) is 5.91 Å². The van der Waals surface area contributed by atoms with Gasteiger partial charge in [0, 0.05) is 12.2 Å². The predicted molar refractivity (Wildman–Crippen MR) is 74.5 cm³/mol. The van der Waals surface area contributed by atoms with Crippen molar-refractivity contribution in [3.8, 4) is 5.75 Å². The van der Waals surface area contributed by atoms with Crippen LogP contribution in [0.5, 0.6) is 5.75 Å². The highest BCUT2D eigenvalue weighted by atomic mass is 32.2. The van der Waals surface area contributed by atoms with Crippen LogP contribution in [0.4, 0.5) is 0 Å². The van der Waals surface area contributed by atoms with Crippen molar-refractivity contribution in [3.63, 3.8) is 0 Å². The molecule has 6 heteroatoms. The van der Waals surface area contributed by atoms with Crippen LogP contribution in [0.25, 0.3) is 0 Å². The van der Waals surface area contributed by atoms with Gasteiger partial charge in [-0.1, -0.05) is 12.1 Å². The third kappa shape index (κ3) is 4.82. The third-order valence-corrected chi connectivity index (χ3v) is 3.15. The van der Waals surface area contributed by atoms with E-state index in [1.165, 1.54) is 7.11 Å². The maximum absolute atomic E-state index is 11.6. The van der Waals surface area contributed by atoms with Gasteiger partial charge in [-0.15, -0.1) is 0 Å². The molecule has 0 spiro atoms. The number of aliphatic carboxylic acids is 1. The van der Waals surface area contributed by atoms with Crippen molar-refractivity contribution >= 4 is 23.6 Å². The van der Waals surface area contributed by atoms with Crippen LogP contribution in [-0.4, -0.2) is 36.1 Å². The standard InChI is InChI=1S/C13H17NO4S/c1-18-10-5-3-9(4-6-10)12(13(16)17)14-11(15)7-8-19-2/h3-6,12H,7-8H2,1-2H3,(H,14,15)(H,16,17). The smallest absolute Gasteiger partial charge is 0.330 e. The largest absolute Gasteiger partial charge is 0.497 e. The Morgan fingerprint density at radius 1 is 1.37 bits per heavy atom. The van der Waals surface area contributed by atoms with Gasteiger partial charge in [0.05, 0.1) is 7.11 Å². The van der Waals surface area contributed by atoms with Gasteiger partial charge in [0.25, 0.3) is 0 Å². The van der Waals surface area contributed by atoms with Crippen molar-refractivity contribution in [3.05, 3.63) is 29.8 Å². The highest BCUT2D eigenvalue weighted by molar-refractivity contribution is 7.98. The zero-order valence-electron chi connectivity index (χ0n) is 10.9. The molecule has 0 saturated heterocycles. The summed E-state index contributed by atoms with van der Waals surface area (Å²) in [6.45, 7) is 0. The van der Waals surface area contributed by atoms with Crippen LogP contribution < -0.4 is 10.1 Å². The van der Waals surface area contributed by atoms with E-state index in [0.717, 1.165) is 0 Å². The van der Waals surface area contributed by atoms with Gasteiger partial charge in [-0.2, -0.15) is 11.8 Å². The third-order valence-electron chi connectivity index (χ3n) is 2.53. The van der Waals surface area contributed by atoms with Crippen LogP contribution in [0, 0.1) is 0 Å². The average molecular weight is 283 g/mol. The first kappa shape index (κ1) is 15.4. The van der Waals surface area contributed by atoms with Crippen LogP contribution in [0.15, 0.2) is 24.3 Å². The topological polar surface area (TPSA) is 75.6 Å². The number of benzene rings is 1. The Hall–Kier alpha value is -1.69. The van der Waals surface area contributed by atoms with Gasteiger partial charge < -0.3 is 15.2 Å². The fourth-order valence-corrected chi connectivity index (χ4v) is 1.90. The summed E-state index contributed by atoms with van der Waals surface area (Å²) in [5.74, 6) is -0.0392. The molecular formula is C13H17NO4S. The van der Waals surface area contributed by atoms with Crippen LogP contribution in [0.3, 0.4) is 0 Å². The van der Waals surface area contributed by atoms with Crippen molar-refractivity contribution in [1.29, 1.82) is 0 Å². The van der Waals surface area contributed by atoms with Crippen LogP contribution in [-0.2, 0) is 9.59 Å². The minimum Gasteiger partial charge on any atom is -0.497 e. The second kappa shape index (κ2) is 7.68. The number of ether oxygens (including phenoxy) is 1. The number of nitrogens with one attached hydrogen (secondary N) is 1. The summed E-state index contributed by atoms with van der Waals surface area (Å²) in [5, 5.41) is 11.7.